The Morgan fingerprint density at radius 2 is 1.77 bits per heavy atom. The van der Waals surface area contributed by atoms with Gasteiger partial charge in [0.05, 0.1) is 23.3 Å². The van der Waals surface area contributed by atoms with Gasteiger partial charge in [-0.15, -0.1) is 11.3 Å². The van der Waals surface area contributed by atoms with E-state index in [1.807, 2.05) is 4.90 Å². The van der Waals surface area contributed by atoms with E-state index < -0.39 is 37.3 Å². The average Bonchev–Trinajstić information content (AvgIpc) is 3.66. The molecule has 21 heteroatoms. The number of rotatable bonds is 11. The maximum absolute atomic E-state index is 14.2. The van der Waals surface area contributed by atoms with Crippen LogP contribution in [-0.4, -0.2) is 123 Å². The van der Waals surface area contributed by atoms with Crippen molar-refractivity contribution in [3.63, 3.8) is 0 Å². The number of piperazine rings is 1. The van der Waals surface area contributed by atoms with Gasteiger partial charge >= 0.3 is 12.1 Å². The number of nitrogens with zero attached hydrogens (tertiary/aromatic N) is 7. The molecule has 3 N–H and O–H groups in total. The van der Waals surface area contributed by atoms with Gasteiger partial charge < -0.3 is 39.3 Å². The highest BCUT2D eigenvalue weighted by atomic mass is 35.5. The molecule has 3 aromatic carbocycles. The number of hydrogen-bond acceptors (Lipinski definition) is 15. The normalized spacial score (nSPS) is 16.3. The second kappa shape index (κ2) is 19.5. The first kappa shape index (κ1) is 44.7. The Balaban J connectivity index is 1.19. The number of fused-ring (bicyclic) bond motifs is 7. The van der Waals surface area contributed by atoms with Crippen molar-refractivity contribution in [2.24, 2.45) is 0 Å². The minimum atomic E-state index is -4.52. The monoisotopic (exact) mass is 925 g/mol. The number of anilines is 1. The number of phenols is 1. The molecular formula is C43H40ClF4N7O8S. The largest absolute Gasteiger partial charge is 0.506 e. The summed E-state index contributed by atoms with van der Waals surface area (Å²) < 4.78 is 75.6. The van der Waals surface area contributed by atoms with E-state index in [4.69, 9.17) is 30.5 Å². The fourth-order valence-corrected chi connectivity index (χ4v) is 8.80. The van der Waals surface area contributed by atoms with Gasteiger partial charge in [0.15, 0.2) is 5.82 Å². The number of aliphatic carboxylic acids is 1. The molecule has 1 atom stereocenters. The molecule has 3 aliphatic heterocycles. The third-order valence-corrected chi connectivity index (χ3v) is 12.1. The van der Waals surface area contributed by atoms with E-state index in [2.05, 4.69) is 24.8 Å². The van der Waals surface area contributed by atoms with Crippen LogP contribution in [0.2, 0.25) is 5.02 Å². The van der Waals surface area contributed by atoms with Crippen LogP contribution in [0, 0.1) is 5.82 Å². The zero-order valence-corrected chi connectivity index (χ0v) is 35.4. The second-order valence-electron chi connectivity index (χ2n) is 14.9. The second-order valence-corrected chi connectivity index (χ2v) is 16.3. The third-order valence-electron chi connectivity index (χ3n) is 10.5. The van der Waals surface area contributed by atoms with E-state index in [-0.39, 0.29) is 58.8 Å². The first-order valence-corrected chi connectivity index (χ1v) is 21.2. The molecule has 9 rings (SSSR count). The van der Waals surface area contributed by atoms with Crippen molar-refractivity contribution >= 4 is 44.8 Å². The zero-order valence-electron chi connectivity index (χ0n) is 33.8. The maximum Gasteiger partial charge on any atom is 0.411 e. The summed E-state index contributed by atoms with van der Waals surface area (Å²) >= 11 is 8.30. The summed E-state index contributed by atoms with van der Waals surface area (Å²) in [6.45, 7) is 1.67. The van der Waals surface area contributed by atoms with Crippen molar-refractivity contribution in [1.82, 2.24) is 29.9 Å². The van der Waals surface area contributed by atoms with Crippen LogP contribution in [0.25, 0.3) is 31.8 Å². The Kier molecular flexibility index (Phi) is 13.6. The molecule has 64 heavy (non-hydrogen) atoms. The Hall–Kier alpha value is -5.90. The lowest BCUT2D eigenvalue weighted by atomic mass is 9.98. The van der Waals surface area contributed by atoms with E-state index >= 15 is 0 Å². The van der Waals surface area contributed by atoms with Crippen molar-refractivity contribution in [2.75, 3.05) is 63.9 Å². The van der Waals surface area contributed by atoms with Gasteiger partial charge in [0, 0.05) is 73.5 Å². The molecule has 6 heterocycles. The highest BCUT2D eigenvalue weighted by Gasteiger charge is 2.31. The Morgan fingerprint density at radius 3 is 2.53 bits per heavy atom. The zero-order chi connectivity index (χ0) is 45.0. The van der Waals surface area contributed by atoms with Crippen LogP contribution in [0.3, 0.4) is 0 Å². The van der Waals surface area contributed by atoms with Gasteiger partial charge in [-0.3, -0.25) is 4.90 Å². The van der Waals surface area contributed by atoms with Crippen molar-refractivity contribution in [2.45, 2.75) is 31.9 Å². The van der Waals surface area contributed by atoms with E-state index in [1.54, 1.807) is 42.5 Å². The summed E-state index contributed by atoms with van der Waals surface area (Å²) in [6, 6.07) is 15.7. The van der Waals surface area contributed by atoms with Crippen LogP contribution in [-0.2, 0) is 29.2 Å². The van der Waals surface area contributed by atoms with Gasteiger partial charge in [-0.05, 0) is 54.1 Å². The fraction of sp³-hybridized carbons (Fsp3) is 0.326. The number of benzene rings is 3. The van der Waals surface area contributed by atoms with Crippen molar-refractivity contribution in [3.8, 4) is 44.7 Å². The Morgan fingerprint density at radius 1 is 0.969 bits per heavy atom. The SMILES string of the molecule is O=C(O)[C@H]1Cc2cc(ccc2OCc2ccnc(COCC(F)(F)F)n2)OCCN(CCN2CCN(O)CC2)c2ccc(c(O)c2Cl)-c2c(-c3ccc(F)cc3)sc3ncnc(c23)O1. The molecular weight excluding hydrogens is 886 g/mol. The summed E-state index contributed by atoms with van der Waals surface area (Å²) in [5.41, 5.74) is 2.44. The molecule has 0 unspecified atom stereocenters. The standard InChI is InChI=1S/C43H40ClF4N7O8S/c44-37-31-7-6-30(38(37)56)35-36-40(50-24-51-41(36)64-39(35)25-1-3-27(45)4-2-25)63-33(42(57)58)20-26-19-29(61-18-17-54(31)14-11-53-12-15-55(59)16-13-53)5-8-32(26)62-21-28-9-10-49-34(52-28)22-60-23-43(46,47)48/h1-10,19,24,33,56,59H,11-18,20-23H2,(H,57,58)/t33-/m1/s1. The van der Waals surface area contributed by atoms with Gasteiger partial charge in [-0.1, -0.05) is 23.7 Å². The number of aromatic hydroxyl groups is 1. The summed E-state index contributed by atoms with van der Waals surface area (Å²) in [6.07, 6.45) is -3.76. The molecule has 0 spiro atoms. The number of carbonyl (C=O) groups is 1. The van der Waals surface area contributed by atoms with Crippen molar-refractivity contribution < 1.29 is 56.7 Å². The minimum Gasteiger partial charge on any atom is -0.506 e. The number of carboxylic acids is 1. The van der Waals surface area contributed by atoms with Crippen LogP contribution >= 0.6 is 22.9 Å². The van der Waals surface area contributed by atoms with Crippen LogP contribution in [0.1, 0.15) is 17.1 Å². The number of carboxylic acid groups (broad SMARTS) is 1. The van der Waals surface area contributed by atoms with E-state index in [1.165, 1.54) is 47.1 Å². The van der Waals surface area contributed by atoms with Gasteiger partial charge in [0.1, 0.15) is 65.7 Å². The molecule has 1 saturated heterocycles. The van der Waals surface area contributed by atoms with Crippen LogP contribution < -0.4 is 19.1 Å². The highest BCUT2D eigenvalue weighted by molar-refractivity contribution is 7.22. The molecule has 336 valence electrons. The molecule has 0 saturated carbocycles. The predicted octanol–water partition coefficient (Wildman–Crippen LogP) is 7.25. The summed E-state index contributed by atoms with van der Waals surface area (Å²) in [5, 5.41) is 34.2. The summed E-state index contributed by atoms with van der Waals surface area (Å²) in [4.78, 5) is 35.3. The fourth-order valence-electron chi connectivity index (χ4n) is 7.37. The molecule has 6 aromatic rings. The number of alkyl halides is 3. The Bertz CT molecular complexity index is 2620. The first-order chi connectivity index (χ1) is 30.8. The van der Waals surface area contributed by atoms with Gasteiger partial charge in [-0.25, -0.2) is 29.1 Å². The lowest BCUT2D eigenvalue weighted by Crippen LogP contribution is -2.47. The molecule has 1 fully saturated rings. The van der Waals surface area contributed by atoms with Gasteiger partial charge in [0.25, 0.3) is 0 Å². The van der Waals surface area contributed by atoms with Crippen molar-refractivity contribution in [3.05, 3.63) is 101 Å². The van der Waals surface area contributed by atoms with Crippen molar-refractivity contribution in [1.29, 1.82) is 0 Å². The third kappa shape index (κ3) is 10.5. The lowest BCUT2D eigenvalue weighted by Gasteiger charge is -2.34. The number of halogens is 5. The molecule has 0 aliphatic carbocycles. The van der Waals surface area contributed by atoms with Gasteiger partial charge in [0.2, 0.25) is 12.0 Å². The number of thiophene rings is 1. The molecule has 15 nitrogen and oxygen atoms in total. The van der Waals surface area contributed by atoms with Crippen LogP contribution in [0.5, 0.6) is 23.1 Å². The average molecular weight is 926 g/mol. The quantitative estimate of drug-likeness (QED) is 0.111. The molecule has 3 aliphatic rings. The number of phenolic OH excluding ortho intramolecular Hbond substituents is 1. The topological polar surface area (TPSA) is 176 Å². The number of ether oxygens (including phenoxy) is 4. The lowest BCUT2D eigenvalue weighted by molar-refractivity contribution is -0.177. The molecule has 0 amide bonds. The molecule has 0 radical (unpaired) electrons. The number of hydrogen-bond donors (Lipinski definition) is 3. The van der Waals surface area contributed by atoms with E-state index in [9.17, 15) is 37.8 Å². The van der Waals surface area contributed by atoms with E-state index in [0.29, 0.717) is 89.3 Å². The smallest absolute Gasteiger partial charge is 0.411 e. The van der Waals surface area contributed by atoms with Crippen LogP contribution in [0.15, 0.2) is 73.2 Å². The predicted molar refractivity (Wildman–Crippen MR) is 227 cm³/mol. The Labute approximate surface area is 372 Å². The number of hydroxylamine groups is 2. The number of aromatic nitrogens is 4. The highest BCUT2D eigenvalue weighted by Crippen LogP contribution is 2.52. The summed E-state index contributed by atoms with van der Waals surface area (Å²) in [7, 11) is 0. The minimum absolute atomic E-state index is 0.00992. The van der Waals surface area contributed by atoms with E-state index in [0.717, 1.165) is 0 Å². The first-order valence-electron chi connectivity index (χ1n) is 20.0. The molecule has 3 aromatic heterocycles. The summed E-state index contributed by atoms with van der Waals surface area (Å²) in [5.74, 6) is -1.55. The van der Waals surface area contributed by atoms with Crippen LogP contribution in [0.4, 0.5) is 23.2 Å². The van der Waals surface area contributed by atoms with Gasteiger partial charge in [-0.2, -0.15) is 18.2 Å². The maximum atomic E-state index is 14.2. The molecule has 4 bridgehead atoms.